The van der Waals surface area contributed by atoms with E-state index in [1.165, 1.54) is 6.07 Å². The first-order chi connectivity index (χ1) is 15.4. The molecule has 0 spiro atoms. The number of pyridine rings is 1. The van der Waals surface area contributed by atoms with Gasteiger partial charge in [0, 0.05) is 55.7 Å². The Morgan fingerprint density at radius 2 is 1.82 bits per heavy atom. The molecule has 33 heavy (non-hydrogen) atoms. The van der Waals surface area contributed by atoms with Crippen LogP contribution in [-0.4, -0.2) is 69.2 Å². The second-order valence-electron chi connectivity index (χ2n) is 9.24. The lowest BCUT2D eigenvalue weighted by Crippen LogP contribution is -2.59. The Morgan fingerprint density at radius 1 is 1.24 bits per heavy atom. The zero-order valence-electron chi connectivity index (χ0n) is 19.9. The summed E-state index contributed by atoms with van der Waals surface area (Å²) in [4.78, 5) is 51.1. The Kier molecular flexibility index (Phi) is 8.79. The number of hydrogen-bond acceptors (Lipinski definition) is 6. The fourth-order valence-corrected chi connectivity index (χ4v) is 4.97. The van der Waals surface area contributed by atoms with Crippen molar-refractivity contribution >= 4 is 17.8 Å². The molecular weight excluding hydrogens is 428 g/mol. The molecular formula is C23H36N4O6. The Balaban J connectivity index is 0.000000890. The summed E-state index contributed by atoms with van der Waals surface area (Å²) in [6, 6.07) is 2.38. The minimum Gasteiger partial charge on any atom is -0.481 e. The van der Waals surface area contributed by atoms with Gasteiger partial charge in [-0.25, -0.2) is 0 Å². The van der Waals surface area contributed by atoms with E-state index in [0.29, 0.717) is 30.8 Å². The van der Waals surface area contributed by atoms with Gasteiger partial charge >= 0.3 is 0 Å². The second kappa shape index (κ2) is 10.9. The molecule has 1 aliphatic heterocycles. The van der Waals surface area contributed by atoms with Gasteiger partial charge in [0.15, 0.2) is 0 Å². The number of aryl methyl sites for hydroxylation is 1. The van der Waals surface area contributed by atoms with Gasteiger partial charge in [0.2, 0.25) is 11.5 Å². The molecule has 1 aliphatic carbocycles. The van der Waals surface area contributed by atoms with Crippen molar-refractivity contribution in [3.05, 3.63) is 33.7 Å². The summed E-state index contributed by atoms with van der Waals surface area (Å²) in [6.45, 7) is 9.41. The van der Waals surface area contributed by atoms with Crippen molar-refractivity contribution in [2.45, 2.75) is 59.2 Å². The number of carbonyl (C=O) groups excluding carboxylic acids is 2. The maximum Gasteiger partial charge on any atom is 0.300 e. The number of H-pyrrole nitrogens is 1. The highest BCUT2D eigenvalue weighted by atomic mass is 16.4. The molecule has 2 fully saturated rings. The van der Waals surface area contributed by atoms with E-state index in [1.54, 1.807) is 11.0 Å². The first-order valence-corrected chi connectivity index (χ1v) is 11.3. The molecule has 2 aliphatic rings. The first kappa shape index (κ1) is 26.5. The zero-order valence-corrected chi connectivity index (χ0v) is 19.9. The molecule has 1 saturated heterocycles. The molecule has 184 valence electrons. The average Bonchev–Trinajstić information content (AvgIpc) is 3.15. The van der Waals surface area contributed by atoms with Gasteiger partial charge in [0.25, 0.3) is 11.9 Å². The number of nitrogens with one attached hydrogen (secondary N) is 2. The van der Waals surface area contributed by atoms with Crippen LogP contribution in [0.25, 0.3) is 0 Å². The highest BCUT2D eigenvalue weighted by Gasteiger charge is 2.54. The predicted octanol–water partition coefficient (Wildman–Crippen LogP) is 0.195. The standard InChI is InChI=1S/C21H32N4O4.C2H4O2/c1-5-15-12(6-7-16(26)24-15)21(29)25-8-13-14(9-25)19(27)18(22)11(4)17(13)20(28)23-10(2)3;1-2(3)4/h6-7,10-11,13-14,17-19,27H,5,8-9,22H2,1-4H3,(H,23,28)(H,24,26);1H3,(H,3,4)/t11-,13+,14+,17+,18+,19+;/m1./s1. The predicted molar refractivity (Wildman–Crippen MR) is 123 cm³/mol. The highest BCUT2D eigenvalue weighted by molar-refractivity contribution is 5.95. The van der Waals surface area contributed by atoms with E-state index in [9.17, 15) is 19.5 Å². The van der Waals surface area contributed by atoms with E-state index in [2.05, 4.69) is 10.3 Å². The van der Waals surface area contributed by atoms with Gasteiger partial charge in [0.05, 0.1) is 11.7 Å². The minimum absolute atomic E-state index is 0.00335. The smallest absolute Gasteiger partial charge is 0.300 e. The largest absolute Gasteiger partial charge is 0.481 e. The number of amides is 2. The number of aliphatic carboxylic acids is 1. The molecule has 1 saturated carbocycles. The number of aromatic amines is 1. The van der Waals surface area contributed by atoms with Crippen LogP contribution in [0, 0.1) is 23.7 Å². The SMILES string of the molecule is CC(=O)O.CCc1[nH]c(=O)ccc1C(=O)N1C[C@@H]2[C@H](O)[C@@H](N)[C@H](C)[C@H](C(=O)NC(C)C)[C@H]2C1. The number of carboxylic acids is 1. The normalized spacial score (nSPS) is 28.5. The summed E-state index contributed by atoms with van der Waals surface area (Å²) in [5.74, 6) is -2.06. The summed E-state index contributed by atoms with van der Waals surface area (Å²) in [7, 11) is 0. The van der Waals surface area contributed by atoms with Gasteiger partial charge in [-0.3, -0.25) is 19.2 Å². The van der Waals surface area contributed by atoms with Crippen LogP contribution in [0.4, 0.5) is 0 Å². The van der Waals surface area contributed by atoms with Crippen molar-refractivity contribution in [1.29, 1.82) is 0 Å². The van der Waals surface area contributed by atoms with Crippen LogP contribution < -0.4 is 16.6 Å². The fraction of sp³-hybridized carbons (Fsp3) is 0.652. The molecule has 10 heteroatoms. The number of carbonyl (C=O) groups is 3. The maximum absolute atomic E-state index is 13.2. The average molecular weight is 465 g/mol. The van der Waals surface area contributed by atoms with Crippen LogP contribution >= 0.6 is 0 Å². The number of likely N-dealkylation sites (tertiary alicyclic amines) is 1. The number of hydrogen-bond donors (Lipinski definition) is 5. The van der Waals surface area contributed by atoms with Crippen molar-refractivity contribution < 1.29 is 24.6 Å². The molecule has 1 aromatic heterocycles. The van der Waals surface area contributed by atoms with Gasteiger partial charge in [-0.2, -0.15) is 0 Å². The third-order valence-electron chi connectivity index (χ3n) is 6.49. The quantitative estimate of drug-likeness (QED) is 0.424. The Labute approximate surface area is 193 Å². The molecule has 0 aromatic carbocycles. The van der Waals surface area contributed by atoms with E-state index >= 15 is 0 Å². The molecule has 6 N–H and O–H groups in total. The number of aromatic nitrogens is 1. The van der Waals surface area contributed by atoms with E-state index in [-0.39, 0.29) is 47.1 Å². The van der Waals surface area contributed by atoms with Crippen LogP contribution in [0.5, 0.6) is 0 Å². The molecule has 3 rings (SSSR count). The molecule has 0 unspecified atom stereocenters. The Hall–Kier alpha value is -2.72. The van der Waals surface area contributed by atoms with E-state index in [1.807, 2.05) is 27.7 Å². The van der Waals surface area contributed by atoms with Crippen LogP contribution in [0.3, 0.4) is 0 Å². The van der Waals surface area contributed by atoms with Crippen molar-refractivity contribution in [1.82, 2.24) is 15.2 Å². The van der Waals surface area contributed by atoms with Gasteiger partial charge < -0.3 is 31.1 Å². The lowest BCUT2D eigenvalue weighted by atomic mass is 9.64. The summed E-state index contributed by atoms with van der Waals surface area (Å²) in [6.07, 6.45) is -0.237. The van der Waals surface area contributed by atoms with Crippen molar-refractivity contribution in [3.8, 4) is 0 Å². The van der Waals surface area contributed by atoms with E-state index < -0.39 is 18.1 Å². The third kappa shape index (κ3) is 6.00. The number of aliphatic hydroxyl groups is 1. The maximum atomic E-state index is 13.2. The molecule has 0 radical (unpaired) electrons. The number of nitrogens with zero attached hydrogens (tertiary/aromatic N) is 1. The monoisotopic (exact) mass is 464 g/mol. The van der Waals surface area contributed by atoms with Gasteiger partial charge in [0.1, 0.15) is 0 Å². The number of carboxylic acid groups (broad SMARTS) is 1. The number of nitrogens with two attached hydrogens (primary N) is 1. The lowest BCUT2D eigenvalue weighted by Gasteiger charge is -2.44. The van der Waals surface area contributed by atoms with Gasteiger partial charge in [-0.15, -0.1) is 0 Å². The van der Waals surface area contributed by atoms with Crippen molar-refractivity contribution in [3.63, 3.8) is 0 Å². The lowest BCUT2D eigenvalue weighted by molar-refractivity contribution is -0.135. The summed E-state index contributed by atoms with van der Waals surface area (Å²) < 4.78 is 0. The number of aliphatic hydroxyl groups excluding tert-OH is 1. The molecule has 0 bridgehead atoms. The molecule has 6 atom stereocenters. The molecule has 2 heterocycles. The Bertz CT molecular complexity index is 926. The van der Waals surface area contributed by atoms with Crippen molar-refractivity contribution in [2.75, 3.05) is 13.1 Å². The van der Waals surface area contributed by atoms with Crippen molar-refractivity contribution in [2.24, 2.45) is 29.4 Å². The molecule has 1 aromatic rings. The summed E-state index contributed by atoms with van der Waals surface area (Å²) >= 11 is 0. The molecule has 10 nitrogen and oxygen atoms in total. The van der Waals surface area contributed by atoms with Gasteiger partial charge in [-0.1, -0.05) is 13.8 Å². The zero-order chi connectivity index (χ0) is 25.0. The first-order valence-electron chi connectivity index (χ1n) is 11.3. The van der Waals surface area contributed by atoms with E-state index in [4.69, 9.17) is 15.6 Å². The Morgan fingerprint density at radius 3 is 2.36 bits per heavy atom. The number of fused-ring (bicyclic) bond motifs is 1. The minimum atomic E-state index is -0.833. The second-order valence-corrected chi connectivity index (χ2v) is 9.24. The van der Waals surface area contributed by atoms with Crippen LogP contribution in [-0.2, 0) is 16.0 Å². The van der Waals surface area contributed by atoms with Crippen LogP contribution in [0.1, 0.15) is 50.7 Å². The topological polar surface area (TPSA) is 166 Å². The third-order valence-corrected chi connectivity index (χ3v) is 6.49. The molecule has 2 amide bonds. The number of rotatable bonds is 4. The summed E-state index contributed by atoms with van der Waals surface area (Å²) in [5.41, 5.74) is 7.07. The van der Waals surface area contributed by atoms with Crippen LogP contribution in [0.15, 0.2) is 16.9 Å². The summed E-state index contributed by atoms with van der Waals surface area (Å²) in [5, 5.41) is 21.2. The fourth-order valence-electron chi connectivity index (χ4n) is 4.97. The van der Waals surface area contributed by atoms with Crippen LogP contribution in [0.2, 0.25) is 0 Å². The van der Waals surface area contributed by atoms with E-state index in [0.717, 1.165) is 6.92 Å². The van der Waals surface area contributed by atoms with Gasteiger partial charge in [-0.05, 0) is 38.2 Å². The highest BCUT2D eigenvalue weighted by Crippen LogP contribution is 2.43.